The van der Waals surface area contributed by atoms with E-state index in [0.717, 1.165) is 4.86 Å². The van der Waals surface area contributed by atoms with Crippen molar-refractivity contribution in [2.45, 2.75) is 4.90 Å². The van der Waals surface area contributed by atoms with Crippen molar-refractivity contribution in [1.82, 2.24) is 0 Å². The third-order valence-corrected chi connectivity index (χ3v) is 4.66. The van der Waals surface area contributed by atoms with Crippen molar-refractivity contribution in [2.24, 2.45) is 0 Å². The maximum atomic E-state index is 10.2. The summed E-state index contributed by atoms with van der Waals surface area (Å²) in [5.41, 5.74) is 2.46. The molecule has 0 aliphatic heterocycles. The molecule has 4 rings (SSSR count). The summed E-state index contributed by atoms with van der Waals surface area (Å²) in [6, 6.07) is 20.9. The van der Waals surface area contributed by atoms with E-state index in [-0.39, 0.29) is 0 Å². The SMILES string of the molecule is O=[SH](=O)c1ccccc1.S=C1C=Cc2cccc3cccc1c23. The summed E-state index contributed by atoms with van der Waals surface area (Å²) in [7, 11) is -2.40. The van der Waals surface area contributed by atoms with E-state index in [1.165, 1.54) is 21.9 Å². The summed E-state index contributed by atoms with van der Waals surface area (Å²) in [5, 5.41) is 2.56. The van der Waals surface area contributed by atoms with Crippen LogP contribution in [-0.4, -0.2) is 13.3 Å². The normalized spacial score (nSPS) is 12.1. The first-order valence-electron chi connectivity index (χ1n) is 7.10. The maximum Gasteiger partial charge on any atom is 0.168 e. The molecule has 0 amide bonds. The van der Waals surface area contributed by atoms with Crippen LogP contribution in [0.4, 0.5) is 0 Å². The van der Waals surface area contributed by atoms with Crippen LogP contribution in [0.1, 0.15) is 11.1 Å². The van der Waals surface area contributed by atoms with Crippen LogP contribution in [0.15, 0.2) is 77.7 Å². The number of benzene rings is 3. The molecule has 3 aromatic carbocycles. The summed E-state index contributed by atoms with van der Waals surface area (Å²) in [5.74, 6) is 0. The molecule has 1 aliphatic rings. The molecule has 0 unspecified atom stereocenters. The predicted molar refractivity (Wildman–Crippen MR) is 99.7 cm³/mol. The van der Waals surface area contributed by atoms with Crippen molar-refractivity contribution >= 4 is 44.6 Å². The smallest absolute Gasteiger partial charge is 0.168 e. The molecule has 2 nitrogen and oxygen atoms in total. The number of thiocarbonyl (C=S) groups is 1. The molecule has 0 spiro atoms. The van der Waals surface area contributed by atoms with Crippen molar-refractivity contribution < 1.29 is 8.42 Å². The molecule has 0 N–H and O–H groups in total. The second-order valence-corrected chi connectivity index (χ2v) is 6.51. The van der Waals surface area contributed by atoms with Gasteiger partial charge in [0.1, 0.15) is 0 Å². The number of hydrogen-bond donors (Lipinski definition) is 1. The van der Waals surface area contributed by atoms with Crippen LogP contribution in [0.3, 0.4) is 0 Å². The first kappa shape index (κ1) is 15.6. The Kier molecular flexibility index (Phi) is 4.65. The third-order valence-electron chi connectivity index (χ3n) is 3.58. The van der Waals surface area contributed by atoms with E-state index >= 15 is 0 Å². The lowest BCUT2D eigenvalue weighted by molar-refractivity contribution is 0.614. The van der Waals surface area contributed by atoms with Gasteiger partial charge >= 0.3 is 0 Å². The van der Waals surface area contributed by atoms with E-state index in [1.807, 2.05) is 6.08 Å². The number of rotatable bonds is 1. The van der Waals surface area contributed by atoms with Crippen molar-refractivity contribution in [3.8, 4) is 0 Å². The largest absolute Gasteiger partial charge is 0.227 e. The lowest BCUT2D eigenvalue weighted by Crippen LogP contribution is -1.99. The molecule has 23 heavy (non-hydrogen) atoms. The molecule has 0 aromatic heterocycles. The molecule has 0 heterocycles. The molecule has 0 saturated carbocycles. The van der Waals surface area contributed by atoms with E-state index in [4.69, 9.17) is 12.2 Å². The van der Waals surface area contributed by atoms with Gasteiger partial charge in [-0.2, -0.15) is 0 Å². The van der Waals surface area contributed by atoms with Crippen molar-refractivity contribution in [1.29, 1.82) is 0 Å². The highest BCUT2D eigenvalue weighted by atomic mass is 32.2. The Morgan fingerprint density at radius 1 is 0.739 bits per heavy atom. The molecular weight excluding hydrogens is 324 g/mol. The second-order valence-electron chi connectivity index (χ2n) is 5.04. The van der Waals surface area contributed by atoms with Gasteiger partial charge in [-0.3, -0.25) is 0 Å². The average molecular weight is 338 g/mol. The molecule has 0 radical (unpaired) electrons. The Morgan fingerprint density at radius 2 is 1.43 bits per heavy atom. The van der Waals surface area contributed by atoms with Gasteiger partial charge in [0.2, 0.25) is 0 Å². The average Bonchev–Trinajstić information content (AvgIpc) is 2.60. The Labute approximate surface area is 142 Å². The zero-order valence-electron chi connectivity index (χ0n) is 12.2. The van der Waals surface area contributed by atoms with E-state index in [2.05, 4.69) is 42.5 Å². The lowest BCUT2D eigenvalue weighted by atomic mass is 9.93. The van der Waals surface area contributed by atoms with E-state index in [0.29, 0.717) is 4.90 Å². The summed E-state index contributed by atoms with van der Waals surface area (Å²) in [6.45, 7) is 0. The van der Waals surface area contributed by atoms with Crippen LogP contribution < -0.4 is 0 Å². The summed E-state index contributed by atoms with van der Waals surface area (Å²) in [6.07, 6.45) is 4.10. The molecule has 0 saturated heterocycles. The van der Waals surface area contributed by atoms with Crippen LogP contribution in [0, 0.1) is 0 Å². The monoisotopic (exact) mass is 338 g/mol. The molecule has 1 aliphatic carbocycles. The van der Waals surface area contributed by atoms with Gasteiger partial charge in [0.25, 0.3) is 0 Å². The first-order valence-corrected chi connectivity index (χ1v) is 8.69. The van der Waals surface area contributed by atoms with E-state index in [1.54, 1.807) is 30.3 Å². The Balaban J connectivity index is 0.000000151. The maximum absolute atomic E-state index is 10.2. The molecule has 0 atom stereocenters. The number of hydrogen-bond acceptors (Lipinski definition) is 3. The Morgan fingerprint density at radius 3 is 2.09 bits per heavy atom. The molecule has 3 aromatic rings. The minimum atomic E-state index is -2.40. The first-order chi connectivity index (χ1) is 11.2. The predicted octanol–water partition coefficient (Wildman–Crippen LogP) is 4.24. The number of thiol groups is 1. The van der Waals surface area contributed by atoms with Crippen LogP contribution in [0.25, 0.3) is 16.8 Å². The van der Waals surface area contributed by atoms with Crippen molar-refractivity contribution in [2.75, 3.05) is 0 Å². The molecule has 0 fully saturated rings. The summed E-state index contributed by atoms with van der Waals surface area (Å²) >= 11 is 5.31. The second kappa shape index (κ2) is 6.86. The standard InChI is InChI=1S/C13H8S.C6H6O2S/c14-12-8-7-10-4-1-3-9-5-2-6-11(12)13(9)10;7-9(8)6-4-2-1-3-5-6/h1-8H;1-5,9H. The fraction of sp³-hybridized carbons (Fsp3) is 0. The van der Waals surface area contributed by atoms with Gasteiger partial charge in [-0.1, -0.05) is 72.9 Å². The summed E-state index contributed by atoms with van der Waals surface area (Å²) < 4.78 is 20.5. The van der Waals surface area contributed by atoms with Gasteiger partial charge in [-0.05, 0) is 34.5 Å². The van der Waals surface area contributed by atoms with E-state index < -0.39 is 10.7 Å². The topological polar surface area (TPSA) is 34.1 Å². The van der Waals surface area contributed by atoms with Gasteiger partial charge < -0.3 is 0 Å². The van der Waals surface area contributed by atoms with Crippen LogP contribution in [-0.2, 0) is 10.7 Å². The van der Waals surface area contributed by atoms with Gasteiger partial charge in [-0.15, -0.1) is 0 Å². The van der Waals surface area contributed by atoms with E-state index in [9.17, 15) is 8.42 Å². The number of allylic oxidation sites excluding steroid dienone is 1. The summed E-state index contributed by atoms with van der Waals surface area (Å²) in [4.78, 5) is 1.31. The minimum absolute atomic E-state index is 0.368. The fourth-order valence-electron chi connectivity index (χ4n) is 2.52. The highest BCUT2D eigenvalue weighted by Crippen LogP contribution is 2.28. The zero-order valence-corrected chi connectivity index (χ0v) is 13.9. The highest BCUT2D eigenvalue weighted by Gasteiger charge is 2.10. The van der Waals surface area contributed by atoms with Crippen LogP contribution in [0.5, 0.6) is 0 Å². The van der Waals surface area contributed by atoms with Crippen molar-refractivity contribution in [3.05, 3.63) is 83.9 Å². The van der Waals surface area contributed by atoms with Crippen molar-refractivity contribution in [3.63, 3.8) is 0 Å². The quantitative estimate of drug-likeness (QED) is 0.532. The highest BCUT2D eigenvalue weighted by molar-refractivity contribution is 7.81. The minimum Gasteiger partial charge on any atom is -0.227 e. The zero-order chi connectivity index (χ0) is 16.2. The fourth-order valence-corrected chi connectivity index (χ4v) is 3.17. The molecule has 0 bridgehead atoms. The van der Waals surface area contributed by atoms with Gasteiger partial charge in [0.15, 0.2) is 10.7 Å². The lowest BCUT2D eigenvalue weighted by Gasteiger charge is -2.12. The van der Waals surface area contributed by atoms with Gasteiger partial charge in [0, 0.05) is 10.4 Å². The third kappa shape index (κ3) is 3.38. The Bertz CT molecular complexity index is 958. The van der Waals surface area contributed by atoms with Crippen LogP contribution in [0.2, 0.25) is 0 Å². The molecular formula is C19H14O2S2. The molecule has 114 valence electrons. The van der Waals surface area contributed by atoms with Crippen LogP contribution >= 0.6 is 12.2 Å². The van der Waals surface area contributed by atoms with Gasteiger partial charge in [0.05, 0.1) is 4.90 Å². The molecule has 4 heteroatoms. The van der Waals surface area contributed by atoms with Gasteiger partial charge in [-0.25, -0.2) is 8.42 Å². The Hall–Kier alpha value is -2.30.